The number of nitrogens with zero attached hydrogens (tertiary/aromatic N) is 2. The van der Waals surface area contributed by atoms with E-state index in [1.165, 1.54) is 62.1 Å². The van der Waals surface area contributed by atoms with Gasteiger partial charge in [-0.05, 0) is 66.8 Å². The van der Waals surface area contributed by atoms with Crippen molar-refractivity contribution in [2.24, 2.45) is 4.99 Å². The number of amidine groups is 1. The van der Waals surface area contributed by atoms with Gasteiger partial charge in [0.15, 0.2) is 6.10 Å². The van der Waals surface area contributed by atoms with E-state index in [0.29, 0.717) is 39.4 Å². The molecule has 1 aliphatic rings. The molecule has 4 rings (SSSR count). The molecule has 1 heterocycles. The number of anilines is 2. The topological polar surface area (TPSA) is 103 Å². The van der Waals surface area contributed by atoms with Crippen LogP contribution in [0.25, 0.3) is 0 Å². The highest BCUT2D eigenvalue weighted by Gasteiger charge is 2.31. The molecule has 8 nitrogen and oxygen atoms in total. The Morgan fingerprint density at radius 1 is 0.902 bits per heavy atom. The maximum Gasteiger partial charge on any atom is 0.265 e. The van der Waals surface area contributed by atoms with Crippen molar-refractivity contribution in [1.82, 2.24) is 5.43 Å². The quantitative estimate of drug-likeness (QED) is 0.118. The number of hydrogen-bond donors (Lipinski definition) is 3. The van der Waals surface area contributed by atoms with Gasteiger partial charge in [-0.3, -0.25) is 15.0 Å². The second-order valence-corrected chi connectivity index (χ2v) is 15.6. The number of aromatic hydroxyl groups is 1. The third-order valence-corrected chi connectivity index (χ3v) is 9.76. The number of hydrogen-bond acceptors (Lipinski definition) is 5. The van der Waals surface area contributed by atoms with Crippen molar-refractivity contribution < 1.29 is 19.4 Å². The van der Waals surface area contributed by atoms with Crippen molar-refractivity contribution in [3.63, 3.8) is 0 Å². The molecule has 0 spiro atoms. The molecule has 1 saturated heterocycles. The van der Waals surface area contributed by atoms with Gasteiger partial charge < -0.3 is 15.2 Å². The molecule has 276 valence electrons. The van der Waals surface area contributed by atoms with Gasteiger partial charge in [-0.15, -0.1) is 0 Å². The van der Waals surface area contributed by atoms with Gasteiger partial charge in [0.25, 0.3) is 11.8 Å². The summed E-state index contributed by atoms with van der Waals surface area (Å²) in [7, 11) is 0. The van der Waals surface area contributed by atoms with Crippen LogP contribution in [0.5, 0.6) is 11.5 Å². The summed E-state index contributed by atoms with van der Waals surface area (Å²) in [5.41, 5.74) is 4.44. The molecule has 1 fully saturated rings. The Hall–Kier alpha value is -3.17. The molecule has 1 aliphatic heterocycles. The average molecular weight is 779 g/mol. The van der Waals surface area contributed by atoms with E-state index in [1.54, 1.807) is 36.4 Å². The Balaban J connectivity index is 1.46. The van der Waals surface area contributed by atoms with E-state index in [9.17, 15) is 14.7 Å². The number of amides is 2. The first kappa shape index (κ1) is 40.6. The first-order valence-corrected chi connectivity index (χ1v) is 19.2. The lowest BCUT2D eigenvalue weighted by Crippen LogP contribution is -2.36. The highest BCUT2D eigenvalue weighted by atomic mass is 35.5. The van der Waals surface area contributed by atoms with Crippen LogP contribution in [-0.4, -0.2) is 28.9 Å². The van der Waals surface area contributed by atoms with Crippen molar-refractivity contribution in [2.75, 3.05) is 10.3 Å². The molecule has 12 heteroatoms. The first-order valence-electron chi connectivity index (χ1n) is 17.7. The van der Waals surface area contributed by atoms with Gasteiger partial charge in [-0.1, -0.05) is 132 Å². The number of phenolic OH excluding ortho intramolecular Hbond substituents is 1. The molecule has 1 atom stereocenters. The minimum absolute atomic E-state index is 0.0554. The van der Waals surface area contributed by atoms with Crippen LogP contribution in [0.1, 0.15) is 110 Å². The van der Waals surface area contributed by atoms with E-state index < -0.39 is 6.10 Å². The number of nitrogens with one attached hydrogen (secondary N) is 2. The predicted octanol–water partition coefficient (Wildman–Crippen LogP) is 12.0. The van der Waals surface area contributed by atoms with E-state index in [0.717, 1.165) is 24.8 Å². The second kappa shape index (κ2) is 19.1. The standard InChI is InChI=1S/C39H48Cl4N4O4/c1-5-6-7-8-9-10-11-12-13-14-15-34(51-27-17-19-33(48)28(23-27)39(2,3)4)38(50)44-26-16-18-29(41)32(22-26)45-35-24-36(49)47(46-35)37-30(42)20-25(40)21-31(37)43/h16-23,34,48H,5-15,24H2,1-4H3,(H,44,50)(H,45,46)/t34-/m1/s1. The molecule has 2 amide bonds. The van der Waals surface area contributed by atoms with Crippen LogP contribution in [0.3, 0.4) is 0 Å². The van der Waals surface area contributed by atoms with Gasteiger partial charge in [0, 0.05) is 16.3 Å². The van der Waals surface area contributed by atoms with E-state index in [2.05, 4.69) is 22.7 Å². The number of carbonyl (C=O) groups excluding carboxylic acids is 2. The molecule has 3 aromatic rings. The average Bonchev–Trinajstić information content (AvgIpc) is 3.41. The molecule has 0 aromatic heterocycles. The Bertz CT molecular complexity index is 1690. The summed E-state index contributed by atoms with van der Waals surface area (Å²) in [5.74, 6) is 0.370. The number of aliphatic imine (C=N–C) groups is 1. The Labute approximate surface area is 321 Å². The number of hydrazine groups is 1. The van der Waals surface area contributed by atoms with Crippen LogP contribution in [0.15, 0.2) is 53.5 Å². The lowest BCUT2D eigenvalue weighted by molar-refractivity contribution is -0.123. The smallest absolute Gasteiger partial charge is 0.265 e. The van der Waals surface area contributed by atoms with Crippen LogP contribution < -0.4 is 20.5 Å². The highest BCUT2D eigenvalue weighted by molar-refractivity contribution is 6.42. The van der Waals surface area contributed by atoms with Crippen molar-refractivity contribution in [3.8, 4) is 11.5 Å². The fourth-order valence-corrected chi connectivity index (χ4v) is 7.05. The number of unbranched alkanes of at least 4 members (excludes halogenated alkanes) is 9. The first-order chi connectivity index (χ1) is 24.3. The van der Waals surface area contributed by atoms with Crippen LogP contribution in [0.4, 0.5) is 17.1 Å². The van der Waals surface area contributed by atoms with E-state index in [4.69, 9.17) is 51.1 Å². The largest absolute Gasteiger partial charge is 0.508 e. The zero-order valence-electron chi connectivity index (χ0n) is 29.8. The van der Waals surface area contributed by atoms with Crippen LogP contribution >= 0.6 is 46.4 Å². The fraction of sp³-hybridized carbons (Fsp3) is 0.462. The van der Waals surface area contributed by atoms with E-state index in [-0.39, 0.29) is 45.1 Å². The summed E-state index contributed by atoms with van der Waals surface area (Å²) in [6.45, 7) is 8.27. The number of rotatable bonds is 17. The minimum Gasteiger partial charge on any atom is -0.508 e. The van der Waals surface area contributed by atoms with E-state index >= 15 is 0 Å². The number of phenols is 1. The molecule has 0 bridgehead atoms. The second-order valence-electron chi connectivity index (χ2n) is 14.0. The fourth-order valence-electron chi connectivity index (χ4n) is 5.90. The molecule has 0 aliphatic carbocycles. The highest BCUT2D eigenvalue weighted by Crippen LogP contribution is 2.38. The van der Waals surface area contributed by atoms with Crippen LogP contribution in [0.2, 0.25) is 20.1 Å². The molecular formula is C39H48Cl4N4O4. The van der Waals surface area contributed by atoms with Crippen molar-refractivity contribution >= 4 is 81.1 Å². The van der Waals surface area contributed by atoms with Crippen molar-refractivity contribution in [3.05, 3.63) is 74.2 Å². The number of carbonyl (C=O) groups is 2. The van der Waals surface area contributed by atoms with Gasteiger partial charge in [0.05, 0.1) is 27.2 Å². The Morgan fingerprint density at radius 2 is 1.53 bits per heavy atom. The Morgan fingerprint density at radius 3 is 2.16 bits per heavy atom. The minimum atomic E-state index is -0.779. The molecular weight excluding hydrogens is 730 g/mol. The maximum absolute atomic E-state index is 13.8. The normalized spacial score (nSPS) is 14.5. The van der Waals surface area contributed by atoms with Gasteiger partial charge in [-0.25, -0.2) is 10.0 Å². The summed E-state index contributed by atoms with van der Waals surface area (Å²) < 4.78 is 6.32. The zero-order chi connectivity index (χ0) is 37.1. The van der Waals surface area contributed by atoms with Gasteiger partial charge in [-0.2, -0.15) is 0 Å². The molecule has 0 unspecified atom stereocenters. The summed E-state index contributed by atoms with van der Waals surface area (Å²) in [4.78, 5) is 31.3. The third kappa shape index (κ3) is 11.9. The summed E-state index contributed by atoms with van der Waals surface area (Å²) in [6.07, 6.45) is 11.5. The monoisotopic (exact) mass is 776 g/mol. The summed E-state index contributed by atoms with van der Waals surface area (Å²) in [5, 5.41) is 15.8. The summed E-state index contributed by atoms with van der Waals surface area (Å²) >= 11 is 25.2. The lowest BCUT2D eigenvalue weighted by Gasteiger charge is -2.23. The number of halogens is 4. The Kier molecular flexibility index (Phi) is 15.2. The van der Waals surface area contributed by atoms with Gasteiger partial charge in [0.2, 0.25) is 0 Å². The summed E-state index contributed by atoms with van der Waals surface area (Å²) in [6, 6.07) is 13.0. The van der Waals surface area contributed by atoms with Gasteiger partial charge in [0.1, 0.15) is 23.0 Å². The van der Waals surface area contributed by atoms with Crippen LogP contribution in [-0.2, 0) is 15.0 Å². The van der Waals surface area contributed by atoms with Crippen LogP contribution in [0, 0.1) is 0 Å². The predicted molar refractivity (Wildman–Crippen MR) is 212 cm³/mol. The number of ether oxygens (including phenoxy) is 1. The zero-order valence-corrected chi connectivity index (χ0v) is 32.8. The number of benzene rings is 3. The molecule has 51 heavy (non-hydrogen) atoms. The SMILES string of the molecule is CCCCCCCCCCCC[C@@H](Oc1ccc(O)c(C(C)(C)C)c1)C(=O)Nc1ccc(Cl)c(N=C2CC(=O)N(c3c(Cl)cc(Cl)cc3Cl)N2)c1. The van der Waals surface area contributed by atoms with Crippen molar-refractivity contribution in [1.29, 1.82) is 0 Å². The maximum atomic E-state index is 13.8. The molecule has 0 saturated carbocycles. The van der Waals surface area contributed by atoms with E-state index in [1.807, 2.05) is 20.8 Å². The third-order valence-electron chi connectivity index (χ3n) is 8.65. The molecule has 3 N–H and O–H groups in total. The van der Waals surface area contributed by atoms with Gasteiger partial charge >= 0.3 is 0 Å². The lowest BCUT2D eigenvalue weighted by atomic mass is 9.86. The van der Waals surface area contributed by atoms with Crippen molar-refractivity contribution in [2.45, 2.75) is 116 Å². The molecule has 0 radical (unpaired) electrons. The molecule has 3 aromatic carbocycles.